The number of aliphatic imine (C=N–C) groups is 1. The van der Waals surface area contributed by atoms with Crippen molar-refractivity contribution in [2.24, 2.45) is 10.9 Å². The van der Waals surface area contributed by atoms with Gasteiger partial charge in [0, 0.05) is 33.2 Å². The lowest BCUT2D eigenvalue weighted by Gasteiger charge is -2.33. The molecule has 0 spiro atoms. The maximum Gasteiger partial charge on any atom is 0.193 e. The average Bonchev–Trinajstić information content (AvgIpc) is 2.56. The van der Waals surface area contributed by atoms with E-state index in [9.17, 15) is 0 Å². The van der Waals surface area contributed by atoms with E-state index < -0.39 is 0 Å². The Morgan fingerprint density at radius 2 is 2.17 bits per heavy atom. The zero-order chi connectivity index (χ0) is 16.7. The van der Waals surface area contributed by atoms with Crippen molar-refractivity contribution in [3.8, 4) is 0 Å². The molecule has 1 aliphatic rings. The molecule has 4 nitrogen and oxygen atoms in total. The van der Waals surface area contributed by atoms with Gasteiger partial charge < -0.3 is 15.1 Å². The van der Waals surface area contributed by atoms with Crippen LogP contribution in [0.5, 0.6) is 0 Å². The number of hydrogen-bond donors (Lipinski definition) is 1. The van der Waals surface area contributed by atoms with Gasteiger partial charge in [-0.05, 0) is 43.5 Å². The van der Waals surface area contributed by atoms with Crippen LogP contribution >= 0.6 is 0 Å². The van der Waals surface area contributed by atoms with E-state index in [2.05, 4.69) is 65.3 Å². The number of nitrogens with one attached hydrogen (secondary N) is 1. The highest BCUT2D eigenvalue weighted by molar-refractivity contribution is 5.80. The second-order valence-electron chi connectivity index (χ2n) is 6.74. The first-order valence-corrected chi connectivity index (χ1v) is 8.84. The Kier molecular flexibility index (Phi) is 6.90. The lowest BCUT2D eigenvalue weighted by atomic mass is 10.0. The van der Waals surface area contributed by atoms with E-state index in [-0.39, 0.29) is 0 Å². The van der Waals surface area contributed by atoms with Gasteiger partial charge in [-0.25, -0.2) is 0 Å². The molecule has 1 aromatic rings. The van der Waals surface area contributed by atoms with Gasteiger partial charge in [0.2, 0.25) is 0 Å². The summed E-state index contributed by atoms with van der Waals surface area (Å²) in [4.78, 5) is 9.18. The first kappa shape index (κ1) is 17.8. The van der Waals surface area contributed by atoms with Crippen molar-refractivity contribution >= 4 is 5.96 Å². The fraction of sp³-hybridized carbons (Fsp3) is 0.632. The topological polar surface area (TPSA) is 30.9 Å². The summed E-state index contributed by atoms with van der Waals surface area (Å²) in [5.74, 6) is 1.79. The third kappa shape index (κ3) is 5.54. The third-order valence-corrected chi connectivity index (χ3v) is 4.60. The van der Waals surface area contributed by atoms with E-state index in [1.54, 1.807) is 0 Å². The Balaban J connectivity index is 1.92. The highest BCUT2D eigenvalue weighted by Gasteiger charge is 2.18. The Morgan fingerprint density at radius 3 is 2.87 bits per heavy atom. The van der Waals surface area contributed by atoms with Crippen LogP contribution < -0.4 is 5.32 Å². The van der Waals surface area contributed by atoms with Gasteiger partial charge in [0.05, 0.1) is 0 Å². The molecule has 0 saturated carbocycles. The average molecular weight is 316 g/mol. The van der Waals surface area contributed by atoms with Gasteiger partial charge >= 0.3 is 0 Å². The van der Waals surface area contributed by atoms with Crippen LogP contribution in [0, 0.1) is 5.92 Å². The Bertz CT molecular complexity index is 512. The van der Waals surface area contributed by atoms with Crippen molar-refractivity contribution in [2.45, 2.75) is 39.8 Å². The molecule has 0 bridgehead atoms. The maximum absolute atomic E-state index is 4.47. The molecule has 0 radical (unpaired) electrons. The van der Waals surface area contributed by atoms with Crippen molar-refractivity contribution in [3.05, 3.63) is 35.4 Å². The molecule has 1 heterocycles. The van der Waals surface area contributed by atoms with Crippen molar-refractivity contribution in [2.75, 3.05) is 33.7 Å². The van der Waals surface area contributed by atoms with E-state index in [1.165, 1.54) is 24.0 Å². The molecule has 1 fully saturated rings. The third-order valence-electron chi connectivity index (χ3n) is 4.60. The molecular weight excluding hydrogens is 284 g/mol. The number of likely N-dealkylation sites (tertiary alicyclic amines) is 1. The lowest BCUT2D eigenvalue weighted by molar-refractivity contribution is 0.266. The van der Waals surface area contributed by atoms with E-state index in [0.717, 1.165) is 44.6 Å². The van der Waals surface area contributed by atoms with Gasteiger partial charge in [-0.15, -0.1) is 0 Å². The standard InChI is InChI=1S/C19H32N4/c1-5-22(4)15-18-10-6-9-17(12-18)13-21-19(20-3)23-11-7-8-16(2)14-23/h6,9-10,12,16H,5,7-8,11,13-15H2,1-4H3,(H,20,21). The molecule has 2 rings (SSSR count). The molecular formula is C19H32N4. The molecule has 128 valence electrons. The lowest BCUT2D eigenvalue weighted by Crippen LogP contribution is -2.45. The van der Waals surface area contributed by atoms with E-state index in [1.807, 2.05) is 7.05 Å². The highest BCUT2D eigenvalue weighted by Crippen LogP contribution is 2.15. The van der Waals surface area contributed by atoms with Gasteiger partial charge in [-0.2, -0.15) is 0 Å². The van der Waals surface area contributed by atoms with Gasteiger partial charge in [0.25, 0.3) is 0 Å². The van der Waals surface area contributed by atoms with Crippen LogP contribution in [0.4, 0.5) is 0 Å². The summed E-state index contributed by atoms with van der Waals surface area (Å²) in [6.45, 7) is 9.65. The summed E-state index contributed by atoms with van der Waals surface area (Å²) >= 11 is 0. The van der Waals surface area contributed by atoms with Gasteiger partial charge in [0.1, 0.15) is 0 Å². The van der Waals surface area contributed by atoms with Gasteiger partial charge in [0.15, 0.2) is 5.96 Å². The maximum atomic E-state index is 4.47. The summed E-state index contributed by atoms with van der Waals surface area (Å²) in [6, 6.07) is 8.85. The van der Waals surface area contributed by atoms with Crippen molar-refractivity contribution in [1.82, 2.24) is 15.1 Å². The number of guanidine groups is 1. The minimum absolute atomic E-state index is 0.759. The minimum Gasteiger partial charge on any atom is -0.352 e. The summed E-state index contributed by atoms with van der Waals surface area (Å²) < 4.78 is 0. The number of nitrogens with zero attached hydrogens (tertiary/aromatic N) is 3. The van der Waals surface area contributed by atoms with Crippen LogP contribution in [0.3, 0.4) is 0 Å². The van der Waals surface area contributed by atoms with E-state index in [0.29, 0.717) is 0 Å². The first-order valence-electron chi connectivity index (χ1n) is 8.84. The predicted molar refractivity (Wildman–Crippen MR) is 98.6 cm³/mol. The van der Waals surface area contributed by atoms with E-state index >= 15 is 0 Å². The monoisotopic (exact) mass is 316 g/mol. The molecule has 4 heteroatoms. The smallest absolute Gasteiger partial charge is 0.193 e. The summed E-state index contributed by atoms with van der Waals surface area (Å²) in [6.07, 6.45) is 2.60. The second kappa shape index (κ2) is 8.92. The predicted octanol–water partition coefficient (Wildman–Crippen LogP) is 2.95. The SMILES string of the molecule is CCN(C)Cc1cccc(CNC(=NC)N2CCCC(C)C2)c1. The normalized spacial score (nSPS) is 19.3. The zero-order valence-electron chi connectivity index (χ0n) is 15.2. The Labute approximate surface area is 141 Å². The van der Waals surface area contributed by atoms with Crippen LogP contribution in [-0.2, 0) is 13.1 Å². The molecule has 1 N–H and O–H groups in total. The van der Waals surface area contributed by atoms with Crippen LogP contribution in [0.15, 0.2) is 29.3 Å². The van der Waals surface area contributed by atoms with Gasteiger partial charge in [-0.3, -0.25) is 4.99 Å². The molecule has 1 aliphatic heterocycles. The van der Waals surface area contributed by atoms with Crippen LogP contribution in [0.25, 0.3) is 0 Å². The van der Waals surface area contributed by atoms with E-state index in [4.69, 9.17) is 0 Å². The van der Waals surface area contributed by atoms with Gasteiger partial charge in [-0.1, -0.05) is 38.1 Å². The molecule has 0 amide bonds. The molecule has 0 aliphatic carbocycles. The van der Waals surface area contributed by atoms with Crippen LogP contribution in [-0.4, -0.2) is 49.5 Å². The number of benzene rings is 1. The molecule has 23 heavy (non-hydrogen) atoms. The number of rotatable bonds is 5. The molecule has 1 aromatic carbocycles. The molecule has 1 unspecified atom stereocenters. The first-order chi connectivity index (χ1) is 11.1. The highest BCUT2D eigenvalue weighted by atomic mass is 15.3. The minimum atomic E-state index is 0.759. The van der Waals surface area contributed by atoms with Crippen molar-refractivity contribution in [3.63, 3.8) is 0 Å². The number of hydrogen-bond acceptors (Lipinski definition) is 2. The van der Waals surface area contributed by atoms with Crippen molar-refractivity contribution in [1.29, 1.82) is 0 Å². The summed E-state index contributed by atoms with van der Waals surface area (Å²) in [7, 11) is 4.04. The molecule has 1 atom stereocenters. The second-order valence-corrected chi connectivity index (χ2v) is 6.74. The fourth-order valence-corrected chi connectivity index (χ4v) is 3.16. The quantitative estimate of drug-likeness (QED) is 0.669. The Morgan fingerprint density at radius 1 is 1.39 bits per heavy atom. The Hall–Kier alpha value is -1.55. The van der Waals surface area contributed by atoms with Crippen LogP contribution in [0.2, 0.25) is 0 Å². The summed E-state index contributed by atoms with van der Waals surface area (Å²) in [5.41, 5.74) is 2.69. The largest absolute Gasteiger partial charge is 0.352 e. The zero-order valence-corrected chi connectivity index (χ0v) is 15.2. The van der Waals surface area contributed by atoms with Crippen molar-refractivity contribution < 1.29 is 0 Å². The summed E-state index contributed by atoms with van der Waals surface area (Å²) in [5, 5.41) is 3.53. The fourth-order valence-electron chi connectivity index (χ4n) is 3.16. The molecule has 0 aromatic heterocycles. The van der Waals surface area contributed by atoms with Crippen LogP contribution in [0.1, 0.15) is 37.8 Å². The number of piperidine rings is 1. The molecule has 1 saturated heterocycles.